The molecule has 5 heteroatoms. The summed E-state index contributed by atoms with van der Waals surface area (Å²) in [7, 11) is 1.79. The van der Waals surface area contributed by atoms with Gasteiger partial charge in [-0.3, -0.25) is 4.79 Å². The summed E-state index contributed by atoms with van der Waals surface area (Å²) < 4.78 is 18.4. The third-order valence-electron chi connectivity index (χ3n) is 13.0. The monoisotopic (exact) mass is 500 g/mol. The minimum absolute atomic E-state index is 0.0592. The molecule has 202 valence electrons. The first-order chi connectivity index (χ1) is 16.7. The summed E-state index contributed by atoms with van der Waals surface area (Å²) in [6.07, 6.45) is 10.1. The first kappa shape index (κ1) is 25.5. The Morgan fingerprint density at radius 2 is 1.67 bits per heavy atom. The predicted molar refractivity (Wildman–Crippen MR) is 138 cm³/mol. The number of aliphatic hydroxyl groups is 1. The number of ether oxygens (including phenoxy) is 3. The Labute approximate surface area is 217 Å². The van der Waals surface area contributed by atoms with Crippen molar-refractivity contribution in [2.75, 3.05) is 7.11 Å². The lowest BCUT2D eigenvalue weighted by molar-refractivity contribution is -0.218. The normalized spacial score (nSPS) is 56.7. The lowest BCUT2D eigenvalue weighted by atomic mass is 9.37. The highest BCUT2D eigenvalue weighted by atomic mass is 16.7. The number of methoxy groups -OCH3 is 1. The Morgan fingerprint density at radius 1 is 0.972 bits per heavy atom. The Bertz CT molecular complexity index is 970. The van der Waals surface area contributed by atoms with Gasteiger partial charge in [-0.1, -0.05) is 40.7 Å². The number of carbonyl (C=O) groups excluding carboxylic acids is 1. The Morgan fingerprint density at radius 3 is 2.31 bits per heavy atom. The Balaban J connectivity index is 1.31. The average molecular weight is 501 g/mol. The molecule has 0 aromatic carbocycles. The highest BCUT2D eigenvalue weighted by Crippen LogP contribution is 2.74. The van der Waals surface area contributed by atoms with Gasteiger partial charge in [-0.15, -0.1) is 0 Å². The van der Waals surface area contributed by atoms with Crippen molar-refractivity contribution in [1.29, 1.82) is 0 Å². The number of rotatable bonds is 3. The van der Waals surface area contributed by atoms with Crippen molar-refractivity contribution < 1.29 is 24.1 Å². The van der Waals surface area contributed by atoms with Gasteiger partial charge in [0.1, 0.15) is 6.10 Å². The lowest BCUT2D eigenvalue weighted by Gasteiger charge is -2.67. The maximum atomic E-state index is 12.9. The second-order valence-corrected chi connectivity index (χ2v) is 15.1. The molecule has 0 amide bonds. The van der Waals surface area contributed by atoms with Crippen molar-refractivity contribution in [2.24, 2.45) is 51.2 Å². The maximum Gasteiger partial charge on any atom is 0.161 e. The van der Waals surface area contributed by atoms with Gasteiger partial charge in [0, 0.05) is 23.9 Å². The van der Waals surface area contributed by atoms with Gasteiger partial charge in [0.05, 0.1) is 17.8 Å². The van der Waals surface area contributed by atoms with Crippen LogP contribution in [-0.2, 0) is 19.0 Å². The molecule has 0 aromatic rings. The van der Waals surface area contributed by atoms with Gasteiger partial charge < -0.3 is 19.3 Å². The van der Waals surface area contributed by atoms with Crippen LogP contribution in [0.25, 0.3) is 0 Å². The van der Waals surface area contributed by atoms with E-state index >= 15 is 0 Å². The average Bonchev–Trinajstić information content (AvgIpc) is 3.11. The van der Waals surface area contributed by atoms with E-state index in [4.69, 9.17) is 14.2 Å². The third kappa shape index (κ3) is 3.12. The van der Waals surface area contributed by atoms with Crippen molar-refractivity contribution in [3.63, 3.8) is 0 Å². The molecule has 0 spiro atoms. The number of ketones is 1. The SMILES string of the molecule is CO[C@@H]1O[C@@H]([C@@H]2OC2(C)C)C[C@H]1[C@@H]1CC[C@@H]2[C@@]1(C)CC[C@@H]1[C@@]3(C)C=CC(=O)C(C)(C)[C@@H]3C[C@@H](O)[C@]12C. The molecule has 0 bridgehead atoms. The van der Waals surface area contributed by atoms with Crippen LogP contribution >= 0.6 is 0 Å². The van der Waals surface area contributed by atoms with Gasteiger partial charge in [-0.05, 0) is 93.0 Å². The topological polar surface area (TPSA) is 68.3 Å². The molecule has 0 aromatic heterocycles. The fourth-order valence-corrected chi connectivity index (χ4v) is 11.0. The lowest BCUT2D eigenvalue weighted by Crippen LogP contribution is -2.65. The van der Waals surface area contributed by atoms with E-state index in [0.29, 0.717) is 30.1 Å². The molecule has 0 radical (unpaired) electrons. The van der Waals surface area contributed by atoms with Gasteiger partial charge in [0.25, 0.3) is 0 Å². The molecule has 2 aliphatic heterocycles. The highest BCUT2D eigenvalue weighted by molar-refractivity contribution is 5.95. The van der Waals surface area contributed by atoms with Crippen LogP contribution < -0.4 is 0 Å². The van der Waals surface area contributed by atoms with Gasteiger partial charge in [-0.2, -0.15) is 0 Å². The Hall–Kier alpha value is -0.750. The predicted octanol–water partition coefficient (Wildman–Crippen LogP) is 5.54. The largest absolute Gasteiger partial charge is 0.393 e. The fourth-order valence-electron chi connectivity index (χ4n) is 11.0. The molecule has 0 unspecified atom stereocenters. The molecule has 36 heavy (non-hydrogen) atoms. The van der Waals surface area contributed by atoms with E-state index in [2.05, 4.69) is 54.5 Å². The van der Waals surface area contributed by atoms with Crippen LogP contribution in [0.2, 0.25) is 0 Å². The van der Waals surface area contributed by atoms with Crippen molar-refractivity contribution in [2.45, 2.75) is 117 Å². The second-order valence-electron chi connectivity index (χ2n) is 15.1. The number of epoxide rings is 1. The zero-order chi connectivity index (χ0) is 26.1. The first-order valence-corrected chi connectivity index (χ1v) is 14.5. The maximum absolute atomic E-state index is 12.9. The second kappa shape index (κ2) is 7.67. The number of fused-ring (bicyclic) bond motifs is 5. The van der Waals surface area contributed by atoms with E-state index in [1.54, 1.807) is 7.11 Å². The number of hydrogen-bond donors (Lipinski definition) is 1. The molecule has 1 N–H and O–H groups in total. The summed E-state index contributed by atoms with van der Waals surface area (Å²) in [4.78, 5) is 12.9. The summed E-state index contributed by atoms with van der Waals surface area (Å²) in [6.45, 7) is 15.8. The van der Waals surface area contributed by atoms with Gasteiger partial charge in [0.15, 0.2) is 12.1 Å². The van der Waals surface area contributed by atoms with Crippen LogP contribution in [0.5, 0.6) is 0 Å². The van der Waals surface area contributed by atoms with Crippen molar-refractivity contribution >= 4 is 5.78 Å². The van der Waals surface area contributed by atoms with Crippen LogP contribution in [0, 0.1) is 51.2 Å². The fraction of sp³-hybridized carbons (Fsp3) is 0.903. The van der Waals surface area contributed by atoms with E-state index < -0.39 is 5.41 Å². The molecule has 5 fully saturated rings. The third-order valence-corrected chi connectivity index (χ3v) is 13.0. The van der Waals surface area contributed by atoms with Crippen molar-refractivity contribution in [3.05, 3.63) is 12.2 Å². The molecule has 4 aliphatic carbocycles. The van der Waals surface area contributed by atoms with Crippen LogP contribution in [0.1, 0.15) is 87.0 Å². The molecule has 6 aliphatic rings. The molecule has 5 nitrogen and oxygen atoms in total. The number of aliphatic hydroxyl groups excluding tert-OH is 1. The van der Waals surface area contributed by atoms with Crippen molar-refractivity contribution in [1.82, 2.24) is 0 Å². The van der Waals surface area contributed by atoms with E-state index in [1.807, 2.05) is 6.08 Å². The van der Waals surface area contributed by atoms with Gasteiger partial charge in [-0.25, -0.2) is 0 Å². The number of allylic oxidation sites excluding steroid dienone is 2. The summed E-state index contributed by atoms with van der Waals surface area (Å²) in [5.41, 5.74) is -0.580. The van der Waals surface area contributed by atoms with Gasteiger partial charge >= 0.3 is 0 Å². The molecular weight excluding hydrogens is 452 g/mol. The molecule has 2 heterocycles. The molecule has 6 rings (SSSR count). The Kier molecular flexibility index (Phi) is 5.44. The summed E-state index contributed by atoms with van der Waals surface area (Å²) >= 11 is 0. The molecule has 2 saturated heterocycles. The van der Waals surface area contributed by atoms with Crippen LogP contribution in [0.15, 0.2) is 12.2 Å². The highest BCUT2D eigenvalue weighted by Gasteiger charge is 2.70. The molecule has 3 saturated carbocycles. The zero-order valence-electron chi connectivity index (χ0n) is 23.7. The van der Waals surface area contributed by atoms with E-state index in [9.17, 15) is 9.90 Å². The summed E-state index contributed by atoms with van der Waals surface area (Å²) in [6, 6.07) is 0. The standard InChI is InChI=1S/C31H48O5/c1-27(2)22-16-24(33)31(7)20-10-9-18(17-15-19(35-26(17)34-8)25-28(3,4)36-25)29(20,5)13-11-21(31)30(22,6)14-12-23(27)32/h12,14,17-22,24-26,33H,9-11,13,15-16H2,1-8H3/t17-,18-,19+,20+,21+,22-,24+,25-,26+,29-,30+,31-/m0/s1. The van der Waals surface area contributed by atoms with Crippen LogP contribution in [0.3, 0.4) is 0 Å². The quantitative estimate of drug-likeness (QED) is 0.515. The van der Waals surface area contributed by atoms with Crippen LogP contribution in [0.4, 0.5) is 0 Å². The van der Waals surface area contributed by atoms with Crippen molar-refractivity contribution in [3.8, 4) is 0 Å². The zero-order valence-corrected chi connectivity index (χ0v) is 23.7. The number of carbonyl (C=O) groups is 1. The molecule has 12 atom stereocenters. The van der Waals surface area contributed by atoms with Crippen LogP contribution in [-0.4, -0.2) is 48.2 Å². The van der Waals surface area contributed by atoms with E-state index in [1.165, 1.54) is 12.8 Å². The molecular formula is C31H48O5. The number of hydrogen-bond acceptors (Lipinski definition) is 5. The van der Waals surface area contributed by atoms with E-state index in [0.717, 1.165) is 19.3 Å². The summed E-state index contributed by atoms with van der Waals surface area (Å²) in [5, 5.41) is 11.9. The smallest absolute Gasteiger partial charge is 0.161 e. The minimum atomic E-state index is -0.425. The van der Waals surface area contributed by atoms with Gasteiger partial charge in [0.2, 0.25) is 0 Å². The first-order valence-electron chi connectivity index (χ1n) is 14.5. The summed E-state index contributed by atoms with van der Waals surface area (Å²) in [5.74, 6) is 2.12. The minimum Gasteiger partial charge on any atom is -0.393 e. The van der Waals surface area contributed by atoms with E-state index in [-0.39, 0.29) is 58.1 Å².